The number of aromatic nitrogens is 4. The van der Waals surface area contributed by atoms with Crippen LogP contribution in [0.5, 0.6) is 0 Å². The largest absolute Gasteiger partial charge is 0.322 e. The third-order valence-electron chi connectivity index (χ3n) is 4.84. The van der Waals surface area contributed by atoms with Crippen molar-refractivity contribution >= 4 is 38.9 Å². The Bertz CT molecular complexity index is 1420. The highest BCUT2D eigenvalue weighted by atomic mass is 35.5. The molecule has 0 unspecified atom stereocenters. The molecule has 0 saturated carbocycles. The third-order valence-corrected chi connectivity index (χ3v) is 6.93. The molecule has 0 spiro atoms. The molecule has 9 nitrogen and oxygen atoms in total. The van der Waals surface area contributed by atoms with Gasteiger partial charge in [0.1, 0.15) is 6.33 Å². The van der Waals surface area contributed by atoms with Gasteiger partial charge in [0.25, 0.3) is 15.9 Å². The van der Waals surface area contributed by atoms with Gasteiger partial charge in [-0.05, 0) is 65.0 Å². The molecule has 1 heterocycles. The van der Waals surface area contributed by atoms with Gasteiger partial charge in [-0.2, -0.15) is 0 Å². The molecule has 0 bridgehead atoms. The Morgan fingerprint density at radius 1 is 1.09 bits per heavy atom. The van der Waals surface area contributed by atoms with Crippen molar-refractivity contribution in [3.8, 4) is 5.69 Å². The predicted molar refractivity (Wildman–Crippen MR) is 130 cm³/mol. The molecular formula is C23H19ClN6O3S. The molecule has 0 radical (unpaired) electrons. The first kappa shape index (κ1) is 23.1. The van der Waals surface area contributed by atoms with E-state index >= 15 is 0 Å². The van der Waals surface area contributed by atoms with Crippen molar-refractivity contribution in [1.29, 1.82) is 0 Å². The maximum atomic E-state index is 13.4. The average molecular weight is 495 g/mol. The summed E-state index contributed by atoms with van der Waals surface area (Å²) in [4.78, 5) is 12.8. The van der Waals surface area contributed by atoms with Crippen LogP contribution in [0.2, 0.25) is 5.02 Å². The summed E-state index contributed by atoms with van der Waals surface area (Å²) in [5.41, 5.74) is 1.75. The number of nitrogens with zero attached hydrogens (tertiary/aromatic N) is 5. The zero-order chi connectivity index (χ0) is 24.1. The second kappa shape index (κ2) is 9.86. The number of para-hydroxylation sites is 1. The quantitative estimate of drug-likeness (QED) is 0.371. The fourth-order valence-electron chi connectivity index (χ4n) is 3.20. The van der Waals surface area contributed by atoms with Crippen molar-refractivity contribution in [2.24, 2.45) is 0 Å². The molecule has 0 atom stereocenters. The highest BCUT2D eigenvalue weighted by Crippen LogP contribution is 2.30. The Morgan fingerprint density at radius 3 is 2.53 bits per heavy atom. The van der Waals surface area contributed by atoms with E-state index in [9.17, 15) is 13.2 Å². The van der Waals surface area contributed by atoms with Gasteiger partial charge in [0.05, 0.1) is 27.8 Å². The van der Waals surface area contributed by atoms with Crippen molar-refractivity contribution < 1.29 is 13.2 Å². The van der Waals surface area contributed by atoms with E-state index in [1.165, 1.54) is 41.4 Å². The van der Waals surface area contributed by atoms with Crippen LogP contribution in [0.1, 0.15) is 10.4 Å². The number of sulfonamides is 1. The highest BCUT2D eigenvalue weighted by Gasteiger charge is 2.26. The topological polar surface area (TPSA) is 110 Å². The van der Waals surface area contributed by atoms with Gasteiger partial charge in [-0.3, -0.25) is 9.10 Å². The van der Waals surface area contributed by atoms with Gasteiger partial charge in [0, 0.05) is 11.3 Å². The third kappa shape index (κ3) is 4.82. The van der Waals surface area contributed by atoms with Crippen molar-refractivity contribution in [3.05, 3.63) is 102 Å². The minimum Gasteiger partial charge on any atom is -0.322 e. The molecule has 4 aromatic rings. The van der Waals surface area contributed by atoms with Gasteiger partial charge < -0.3 is 5.32 Å². The van der Waals surface area contributed by atoms with Gasteiger partial charge in [-0.15, -0.1) is 11.7 Å². The molecule has 1 aromatic heterocycles. The minimum atomic E-state index is -4.02. The molecule has 0 saturated heterocycles. The number of benzene rings is 3. The summed E-state index contributed by atoms with van der Waals surface area (Å²) >= 11 is 6.25. The van der Waals surface area contributed by atoms with Crippen molar-refractivity contribution in [2.45, 2.75) is 4.90 Å². The van der Waals surface area contributed by atoms with Crippen LogP contribution in [0.15, 0.2) is 96.7 Å². The van der Waals surface area contributed by atoms with Crippen molar-refractivity contribution in [3.63, 3.8) is 0 Å². The molecule has 11 heteroatoms. The number of tetrazole rings is 1. The minimum absolute atomic E-state index is 0.0101. The number of nitrogens with one attached hydrogen (secondary N) is 1. The number of amides is 1. The summed E-state index contributed by atoms with van der Waals surface area (Å²) in [7, 11) is -4.02. The summed E-state index contributed by atoms with van der Waals surface area (Å²) in [5.74, 6) is -0.458. The van der Waals surface area contributed by atoms with Gasteiger partial charge in [-0.1, -0.05) is 35.9 Å². The SMILES string of the molecule is C=CCN(c1ccccc1Cl)S(=O)(=O)c1cccc(C(=O)Nc2ccc(-n3cnnn3)cc2)c1. The summed E-state index contributed by atoms with van der Waals surface area (Å²) < 4.78 is 29.5. The maximum absolute atomic E-state index is 13.4. The normalized spacial score (nSPS) is 11.1. The lowest BCUT2D eigenvalue weighted by molar-refractivity contribution is 0.102. The van der Waals surface area contributed by atoms with Crippen LogP contribution in [0, 0.1) is 0 Å². The second-order valence-corrected chi connectivity index (χ2v) is 9.33. The van der Waals surface area contributed by atoms with Crippen LogP contribution >= 0.6 is 11.6 Å². The van der Waals surface area contributed by atoms with Crippen LogP contribution in [0.4, 0.5) is 11.4 Å². The Morgan fingerprint density at radius 2 is 1.85 bits per heavy atom. The maximum Gasteiger partial charge on any atom is 0.264 e. The number of hydrogen-bond acceptors (Lipinski definition) is 6. The first-order chi connectivity index (χ1) is 16.4. The summed E-state index contributed by atoms with van der Waals surface area (Å²) in [6.45, 7) is 3.66. The van der Waals surface area contributed by atoms with E-state index in [0.717, 1.165) is 9.99 Å². The number of rotatable bonds is 8. The lowest BCUT2D eigenvalue weighted by Crippen LogP contribution is -2.31. The van der Waals surface area contributed by atoms with Crippen LogP contribution in [0.25, 0.3) is 5.69 Å². The number of carbonyl (C=O) groups excluding carboxylic acids is 1. The Hall–Kier alpha value is -4.02. The molecule has 0 aliphatic carbocycles. The Kier molecular flexibility index (Phi) is 6.71. The Labute approximate surface area is 201 Å². The molecule has 3 aromatic carbocycles. The summed E-state index contributed by atoms with van der Waals surface area (Å²) in [5, 5.41) is 14.0. The van der Waals surface area contributed by atoms with E-state index in [2.05, 4.69) is 27.4 Å². The van der Waals surface area contributed by atoms with Crippen molar-refractivity contribution in [2.75, 3.05) is 16.2 Å². The molecular weight excluding hydrogens is 476 g/mol. The number of hydrogen-bond donors (Lipinski definition) is 1. The number of anilines is 2. The second-order valence-electron chi connectivity index (χ2n) is 7.06. The molecule has 0 aliphatic rings. The van der Waals surface area contributed by atoms with Gasteiger partial charge >= 0.3 is 0 Å². The van der Waals surface area contributed by atoms with E-state index in [1.807, 2.05) is 0 Å². The molecule has 1 amide bonds. The average Bonchev–Trinajstić information content (AvgIpc) is 3.39. The standard InChI is InChI=1S/C23H19ClN6O3S/c1-2-14-30(22-9-4-3-8-21(22)24)34(32,33)20-7-5-6-17(15-20)23(31)26-18-10-12-19(13-11-18)29-16-25-27-28-29/h2-13,15-16H,1,14H2,(H,26,31). The smallest absolute Gasteiger partial charge is 0.264 e. The van der Waals surface area contributed by atoms with Gasteiger partial charge in [0.15, 0.2) is 0 Å². The van der Waals surface area contributed by atoms with Crippen molar-refractivity contribution in [1.82, 2.24) is 20.2 Å². The number of carbonyl (C=O) groups is 1. The van der Waals surface area contributed by atoms with Crippen LogP contribution in [-0.4, -0.2) is 41.1 Å². The summed E-state index contributed by atoms with van der Waals surface area (Å²) in [6, 6.07) is 19.3. The molecule has 34 heavy (non-hydrogen) atoms. The zero-order valence-corrected chi connectivity index (χ0v) is 19.3. The van der Waals surface area contributed by atoms with E-state index in [1.54, 1.807) is 48.5 Å². The van der Waals surface area contributed by atoms with Crippen LogP contribution < -0.4 is 9.62 Å². The molecule has 0 aliphatic heterocycles. The van der Waals surface area contributed by atoms with Crippen LogP contribution in [-0.2, 0) is 10.0 Å². The fraction of sp³-hybridized carbons (Fsp3) is 0.0435. The van der Waals surface area contributed by atoms with Gasteiger partial charge in [0.2, 0.25) is 0 Å². The van der Waals surface area contributed by atoms with E-state index in [4.69, 9.17) is 11.6 Å². The molecule has 1 N–H and O–H groups in total. The Balaban J connectivity index is 1.58. The highest BCUT2D eigenvalue weighted by molar-refractivity contribution is 7.92. The predicted octanol–water partition coefficient (Wildman–Crippen LogP) is 3.95. The lowest BCUT2D eigenvalue weighted by atomic mass is 10.2. The lowest BCUT2D eigenvalue weighted by Gasteiger charge is -2.24. The first-order valence-electron chi connectivity index (χ1n) is 10.0. The summed E-state index contributed by atoms with van der Waals surface area (Å²) in [6.07, 6.45) is 2.92. The van der Waals surface area contributed by atoms with E-state index in [0.29, 0.717) is 11.4 Å². The van der Waals surface area contributed by atoms with E-state index in [-0.39, 0.29) is 22.0 Å². The van der Waals surface area contributed by atoms with E-state index < -0.39 is 15.9 Å². The van der Waals surface area contributed by atoms with Crippen LogP contribution in [0.3, 0.4) is 0 Å². The monoisotopic (exact) mass is 494 g/mol. The first-order valence-corrected chi connectivity index (χ1v) is 11.8. The zero-order valence-electron chi connectivity index (χ0n) is 17.7. The molecule has 172 valence electrons. The molecule has 0 fully saturated rings. The fourth-order valence-corrected chi connectivity index (χ4v) is 4.99. The number of halogens is 1. The molecule has 4 rings (SSSR count). The van der Waals surface area contributed by atoms with Gasteiger partial charge in [-0.25, -0.2) is 13.1 Å².